The van der Waals surface area contributed by atoms with Gasteiger partial charge in [-0.05, 0) is 67.3 Å². The van der Waals surface area contributed by atoms with Crippen molar-refractivity contribution >= 4 is 28.9 Å². The highest BCUT2D eigenvalue weighted by Gasteiger charge is 2.27. The fourth-order valence-electron chi connectivity index (χ4n) is 5.33. The van der Waals surface area contributed by atoms with Crippen LogP contribution in [-0.4, -0.2) is 63.1 Å². The minimum absolute atomic E-state index is 0.0352. The van der Waals surface area contributed by atoms with Crippen LogP contribution in [0.3, 0.4) is 0 Å². The number of hydrogen-bond acceptors (Lipinski definition) is 5. The fourth-order valence-corrected chi connectivity index (χ4v) is 5.33. The molecule has 2 heterocycles. The van der Waals surface area contributed by atoms with Crippen LogP contribution in [0.15, 0.2) is 66.7 Å². The Morgan fingerprint density at radius 3 is 2.13 bits per heavy atom. The van der Waals surface area contributed by atoms with Crippen molar-refractivity contribution in [2.24, 2.45) is 0 Å². The molecule has 0 spiro atoms. The number of nitrogens with one attached hydrogen (secondary N) is 1. The van der Waals surface area contributed by atoms with Gasteiger partial charge in [0.25, 0.3) is 11.8 Å². The summed E-state index contributed by atoms with van der Waals surface area (Å²) in [5, 5.41) is 3.00. The van der Waals surface area contributed by atoms with Gasteiger partial charge in [-0.15, -0.1) is 0 Å². The summed E-state index contributed by atoms with van der Waals surface area (Å²) in [6, 6.07) is 21.5. The lowest BCUT2D eigenvalue weighted by Gasteiger charge is -2.38. The minimum atomic E-state index is -0.176. The van der Waals surface area contributed by atoms with Gasteiger partial charge in [-0.1, -0.05) is 31.2 Å². The largest absolute Gasteiger partial charge is 0.495 e. The molecule has 3 aromatic carbocycles. The van der Waals surface area contributed by atoms with E-state index in [4.69, 9.17) is 4.74 Å². The van der Waals surface area contributed by atoms with Gasteiger partial charge in [0.1, 0.15) is 5.75 Å². The van der Waals surface area contributed by atoms with Gasteiger partial charge in [-0.25, -0.2) is 0 Å². The number of ether oxygens (including phenoxy) is 1. The first-order valence-corrected chi connectivity index (χ1v) is 13.5. The molecule has 2 aliphatic heterocycles. The van der Waals surface area contributed by atoms with Gasteiger partial charge in [0.15, 0.2) is 0 Å². The predicted molar refractivity (Wildman–Crippen MR) is 153 cm³/mol. The predicted octanol–water partition coefficient (Wildman–Crippen LogP) is 5.07. The third-order valence-corrected chi connectivity index (χ3v) is 7.55. The highest BCUT2D eigenvalue weighted by atomic mass is 16.5. The number of rotatable bonds is 7. The number of benzene rings is 3. The molecule has 0 atom stereocenters. The highest BCUT2D eigenvalue weighted by molar-refractivity contribution is 6.06. The molecule has 38 heavy (non-hydrogen) atoms. The van der Waals surface area contributed by atoms with Gasteiger partial charge < -0.3 is 24.8 Å². The summed E-state index contributed by atoms with van der Waals surface area (Å²) in [6.07, 6.45) is 2.99. The summed E-state index contributed by atoms with van der Waals surface area (Å²) in [7, 11) is 1.70. The molecule has 0 bridgehead atoms. The van der Waals surface area contributed by atoms with E-state index in [1.165, 1.54) is 5.56 Å². The zero-order chi connectivity index (χ0) is 26.5. The number of aryl methyl sites for hydroxylation is 1. The van der Waals surface area contributed by atoms with Crippen molar-refractivity contribution in [3.8, 4) is 5.75 Å². The molecule has 5 rings (SSSR count). The molecule has 0 aliphatic carbocycles. The number of carbonyl (C=O) groups excluding carboxylic acids is 2. The molecule has 7 nitrogen and oxygen atoms in total. The Morgan fingerprint density at radius 2 is 1.47 bits per heavy atom. The van der Waals surface area contributed by atoms with Crippen molar-refractivity contribution in [3.05, 3.63) is 83.4 Å². The van der Waals surface area contributed by atoms with Crippen molar-refractivity contribution in [1.29, 1.82) is 0 Å². The Bertz CT molecular complexity index is 1280. The molecule has 0 radical (unpaired) electrons. The van der Waals surface area contributed by atoms with Crippen LogP contribution >= 0.6 is 0 Å². The molecule has 2 amide bonds. The quantitative estimate of drug-likeness (QED) is 0.479. The number of hydrogen-bond donors (Lipinski definition) is 1. The molecule has 0 aromatic heterocycles. The molecule has 198 valence electrons. The SMILES string of the molecule is CCc1ccc(C(=O)Nc2ccc(N3CCN(c4ccccc4OC)CC3)c(C(=O)N3CCCC3)c2)cc1. The van der Waals surface area contributed by atoms with Gasteiger partial charge in [0.2, 0.25) is 0 Å². The second-order valence-corrected chi connectivity index (χ2v) is 9.88. The number of carbonyl (C=O) groups is 2. The van der Waals surface area contributed by atoms with Crippen LogP contribution in [0.1, 0.15) is 46.0 Å². The number of para-hydroxylation sites is 2. The lowest BCUT2D eigenvalue weighted by atomic mass is 10.1. The summed E-state index contributed by atoms with van der Waals surface area (Å²) in [6.45, 7) is 6.86. The number of amides is 2. The Labute approximate surface area is 225 Å². The first kappa shape index (κ1) is 25.6. The summed E-state index contributed by atoms with van der Waals surface area (Å²) in [5.74, 6) is 0.730. The second-order valence-electron chi connectivity index (χ2n) is 9.88. The molecular formula is C31H36N4O3. The van der Waals surface area contributed by atoms with Gasteiger partial charge in [-0.3, -0.25) is 9.59 Å². The van der Waals surface area contributed by atoms with E-state index >= 15 is 0 Å². The third kappa shape index (κ3) is 5.47. The number of methoxy groups -OCH3 is 1. The molecule has 0 saturated carbocycles. The maximum atomic E-state index is 13.6. The lowest BCUT2D eigenvalue weighted by Crippen LogP contribution is -2.47. The van der Waals surface area contributed by atoms with E-state index < -0.39 is 0 Å². The van der Waals surface area contributed by atoms with Crippen LogP contribution in [0.2, 0.25) is 0 Å². The van der Waals surface area contributed by atoms with E-state index in [0.717, 1.165) is 75.7 Å². The summed E-state index contributed by atoms with van der Waals surface area (Å²) in [4.78, 5) is 33.1. The fraction of sp³-hybridized carbons (Fsp3) is 0.355. The van der Waals surface area contributed by atoms with Crippen LogP contribution in [-0.2, 0) is 6.42 Å². The summed E-state index contributed by atoms with van der Waals surface area (Å²) < 4.78 is 5.57. The maximum absolute atomic E-state index is 13.6. The Morgan fingerprint density at radius 1 is 0.816 bits per heavy atom. The van der Waals surface area contributed by atoms with Gasteiger partial charge >= 0.3 is 0 Å². The lowest BCUT2D eigenvalue weighted by molar-refractivity contribution is 0.0793. The Hall–Kier alpha value is -4.00. The summed E-state index contributed by atoms with van der Waals surface area (Å²) >= 11 is 0. The topological polar surface area (TPSA) is 65.1 Å². The number of anilines is 3. The van der Waals surface area contributed by atoms with Crippen molar-refractivity contribution < 1.29 is 14.3 Å². The zero-order valence-electron chi connectivity index (χ0n) is 22.3. The van der Waals surface area contributed by atoms with Gasteiger partial charge in [0, 0.05) is 56.2 Å². The Kier molecular flexibility index (Phi) is 7.82. The van der Waals surface area contributed by atoms with Crippen molar-refractivity contribution in [1.82, 2.24) is 4.90 Å². The standard InChI is InChI=1S/C31H36N4O3/c1-3-23-10-12-24(13-11-23)30(36)32-25-14-15-27(26(22-25)31(37)35-16-6-7-17-35)33-18-20-34(21-19-33)28-8-4-5-9-29(28)38-2/h4-5,8-15,22H,3,6-7,16-21H2,1-2H3,(H,32,36). The van der Waals surface area contributed by atoms with E-state index in [-0.39, 0.29) is 11.8 Å². The van der Waals surface area contributed by atoms with Crippen LogP contribution in [0, 0.1) is 0 Å². The third-order valence-electron chi connectivity index (χ3n) is 7.55. The molecule has 3 aromatic rings. The monoisotopic (exact) mass is 512 g/mol. The van der Waals surface area contributed by atoms with E-state index in [1.54, 1.807) is 7.11 Å². The Balaban J connectivity index is 1.36. The van der Waals surface area contributed by atoms with Gasteiger partial charge in [-0.2, -0.15) is 0 Å². The highest BCUT2D eigenvalue weighted by Crippen LogP contribution is 2.32. The summed E-state index contributed by atoms with van der Waals surface area (Å²) in [5.41, 5.74) is 5.09. The van der Waals surface area contributed by atoms with E-state index in [9.17, 15) is 9.59 Å². The van der Waals surface area contributed by atoms with Crippen LogP contribution in [0.25, 0.3) is 0 Å². The van der Waals surface area contributed by atoms with E-state index in [0.29, 0.717) is 16.8 Å². The van der Waals surface area contributed by atoms with Crippen molar-refractivity contribution in [3.63, 3.8) is 0 Å². The number of nitrogens with zero attached hydrogens (tertiary/aromatic N) is 3. The minimum Gasteiger partial charge on any atom is -0.495 e. The molecule has 1 N–H and O–H groups in total. The zero-order valence-corrected chi connectivity index (χ0v) is 22.3. The van der Waals surface area contributed by atoms with Crippen LogP contribution in [0.4, 0.5) is 17.1 Å². The first-order valence-electron chi connectivity index (χ1n) is 13.5. The molecule has 2 aliphatic rings. The molecule has 2 fully saturated rings. The number of piperazine rings is 1. The molecular weight excluding hydrogens is 476 g/mol. The average Bonchev–Trinajstić information content (AvgIpc) is 3.52. The maximum Gasteiger partial charge on any atom is 0.256 e. The molecule has 2 saturated heterocycles. The molecule has 7 heteroatoms. The normalized spacial score (nSPS) is 15.5. The van der Waals surface area contributed by atoms with Crippen molar-refractivity contribution in [2.75, 3.05) is 61.5 Å². The van der Waals surface area contributed by atoms with Crippen LogP contribution < -0.4 is 19.9 Å². The van der Waals surface area contributed by atoms with E-state index in [2.05, 4.69) is 28.1 Å². The van der Waals surface area contributed by atoms with Crippen LogP contribution in [0.5, 0.6) is 5.75 Å². The smallest absolute Gasteiger partial charge is 0.256 e. The van der Waals surface area contributed by atoms with Crippen molar-refractivity contribution in [2.45, 2.75) is 26.2 Å². The first-order chi connectivity index (χ1) is 18.6. The second kappa shape index (κ2) is 11.6. The average molecular weight is 513 g/mol. The number of likely N-dealkylation sites (tertiary alicyclic amines) is 1. The molecule has 0 unspecified atom stereocenters. The van der Waals surface area contributed by atoms with Gasteiger partial charge in [0.05, 0.1) is 18.4 Å². The van der Waals surface area contributed by atoms with E-state index in [1.807, 2.05) is 65.6 Å².